The third-order valence-corrected chi connectivity index (χ3v) is 6.29. The topological polar surface area (TPSA) is 40.5 Å². The van der Waals surface area contributed by atoms with Crippen LogP contribution < -0.4 is 0 Å². The molecule has 0 aromatic carbocycles. The van der Waals surface area contributed by atoms with Gasteiger partial charge in [0.2, 0.25) is 0 Å². The lowest BCUT2D eigenvalue weighted by Gasteiger charge is -2.38. The Morgan fingerprint density at radius 3 is 2.50 bits per heavy atom. The number of rotatable bonds is 8. The molecule has 0 radical (unpaired) electrons. The van der Waals surface area contributed by atoms with Crippen LogP contribution in [0.25, 0.3) is 0 Å². The summed E-state index contributed by atoms with van der Waals surface area (Å²) < 4.78 is 0. The van der Waals surface area contributed by atoms with Gasteiger partial charge in [-0.05, 0) is 56.9 Å². The lowest BCUT2D eigenvalue weighted by atomic mass is 9.67. The molecule has 2 N–H and O–H groups in total. The van der Waals surface area contributed by atoms with E-state index in [1.54, 1.807) is 0 Å². The lowest BCUT2D eigenvalue weighted by Crippen LogP contribution is -2.29. The molecule has 3 atom stereocenters. The molecular weight excluding hydrogens is 320 g/mol. The van der Waals surface area contributed by atoms with E-state index in [0.29, 0.717) is 23.9 Å². The van der Waals surface area contributed by atoms with Gasteiger partial charge in [-0.15, -0.1) is 0 Å². The molecule has 1 unspecified atom stereocenters. The van der Waals surface area contributed by atoms with E-state index in [1.807, 2.05) is 0 Å². The van der Waals surface area contributed by atoms with Crippen LogP contribution in [0.5, 0.6) is 0 Å². The van der Waals surface area contributed by atoms with Crippen molar-refractivity contribution in [1.82, 2.24) is 0 Å². The Labute approximate surface area is 160 Å². The van der Waals surface area contributed by atoms with E-state index in [4.69, 9.17) is 0 Å². The van der Waals surface area contributed by atoms with Gasteiger partial charge in [0.1, 0.15) is 11.5 Å². The molecule has 2 aliphatic rings. The van der Waals surface area contributed by atoms with E-state index in [-0.39, 0.29) is 11.3 Å². The molecule has 0 heterocycles. The normalized spacial score (nSPS) is 29.4. The molecule has 0 aliphatic heterocycles. The monoisotopic (exact) mass is 358 g/mol. The summed E-state index contributed by atoms with van der Waals surface area (Å²) >= 11 is 0. The molecule has 0 fully saturated rings. The first-order chi connectivity index (χ1) is 12.3. The van der Waals surface area contributed by atoms with Gasteiger partial charge in [0.15, 0.2) is 0 Å². The van der Waals surface area contributed by atoms with Crippen molar-refractivity contribution in [3.63, 3.8) is 0 Å². The number of hydrogen-bond donors (Lipinski definition) is 2. The summed E-state index contributed by atoms with van der Waals surface area (Å²) in [5, 5.41) is 22.0. The number of allylic oxidation sites excluding steroid dienone is 6. The largest absolute Gasteiger partial charge is 0.512 e. The molecule has 0 bridgehead atoms. The smallest absolute Gasteiger partial charge is 0.119 e. The fourth-order valence-corrected chi connectivity index (χ4v) is 4.94. The Balaban J connectivity index is 2.35. The molecule has 2 nitrogen and oxygen atoms in total. The molecule has 0 spiro atoms. The molecule has 2 heteroatoms. The third-order valence-electron chi connectivity index (χ3n) is 6.29. The van der Waals surface area contributed by atoms with Gasteiger partial charge in [0.05, 0.1) is 0 Å². The SMILES string of the molecule is C=C(C)[C@@H]1CCC(C)=C[C@H]1C1=C(O)CC(CCC)(CCCCC)C=C1O. The van der Waals surface area contributed by atoms with Crippen molar-refractivity contribution in [3.05, 3.63) is 47.0 Å². The third kappa shape index (κ3) is 4.64. The zero-order chi connectivity index (χ0) is 19.3. The zero-order valence-corrected chi connectivity index (χ0v) is 17.3. The van der Waals surface area contributed by atoms with Gasteiger partial charge in [0, 0.05) is 17.9 Å². The van der Waals surface area contributed by atoms with E-state index in [1.165, 1.54) is 18.4 Å². The van der Waals surface area contributed by atoms with Gasteiger partial charge >= 0.3 is 0 Å². The number of aliphatic hydroxyl groups is 2. The van der Waals surface area contributed by atoms with Crippen LogP contribution in [0.2, 0.25) is 0 Å². The Bertz CT molecular complexity index is 608. The standard InChI is InChI=1S/C24H38O2/c1-6-8-9-13-24(12-7-2)15-21(25)23(22(26)16-24)20-14-18(5)10-11-19(20)17(3)4/h14-15,19-20,25-26H,3,6-13,16H2,1-2,4-5H3/t19-,20+,24?/m0/s1. The fraction of sp³-hybridized carbons (Fsp3) is 0.667. The van der Waals surface area contributed by atoms with E-state index < -0.39 is 0 Å². The minimum Gasteiger partial charge on any atom is -0.512 e. The summed E-state index contributed by atoms with van der Waals surface area (Å²) in [5.74, 6) is 1.05. The van der Waals surface area contributed by atoms with Gasteiger partial charge in [-0.1, -0.05) is 63.3 Å². The zero-order valence-electron chi connectivity index (χ0n) is 17.3. The number of aliphatic hydroxyl groups excluding tert-OH is 2. The average Bonchev–Trinajstić information content (AvgIpc) is 2.54. The maximum absolute atomic E-state index is 11.0. The Morgan fingerprint density at radius 1 is 1.19 bits per heavy atom. The molecule has 2 aliphatic carbocycles. The summed E-state index contributed by atoms with van der Waals surface area (Å²) in [4.78, 5) is 0. The van der Waals surface area contributed by atoms with Crippen LogP contribution in [-0.2, 0) is 0 Å². The minimum absolute atomic E-state index is 0.0489. The summed E-state index contributed by atoms with van der Waals surface area (Å²) in [7, 11) is 0. The van der Waals surface area contributed by atoms with Gasteiger partial charge in [-0.25, -0.2) is 0 Å². The molecule has 2 rings (SSSR count). The van der Waals surface area contributed by atoms with Crippen LogP contribution >= 0.6 is 0 Å². The molecule has 0 saturated heterocycles. The minimum atomic E-state index is -0.0896. The molecular formula is C24H38O2. The fourth-order valence-electron chi connectivity index (χ4n) is 4.94. The van der Waals surface area contributed by atoms with Crippen molar-refractivity contribution in [2.24, 2.45) is 17.3 Å². The highest BCUT2D eigenvalue weighted by atomic mass is 16.3. The second kappa shape index (κ2) is 8.97. The van der Waals surface area contributed by atoms with Crippen molar-refractivity contribution in [2.75, 3.05) is 0 Å². The molecule has 0 saturated carbocycles. The van der Waals surface area contributed by atoms with Crippen molar-refractivity contribution >= 4 is 0 Å². The van der Waals surface area contributed by atoms with Gasteiger partial charge in [-0.3, -0.25) is 0 Å². The van der Waals surface area contributed by atoms with Crippen LogP contribution in [0.15, 0.2) is 47.0 Å². The Kier molecular flexibility index (Phi) is 7.20. The van der Waals surface area contributed by atoms with Crippen LogP contribution in [0.4, 0.5) is 0 Å². The second-order valence-electron chi connectivity index (χ2n) is 8.67. The molecule has 146 valence electrons. The number of hydrogen-bond acceptors (Lipinski definition) is 2. The lowest BCUT2D eigenvalue weighted by molar-refractivity contribution is 0.219. The Hall–Kier alpha value is -1.44. The first kappa shape index (κ1) is 20.9. The van der Waals surface area contributed by atoms with Crippen LogP contribution in [0.3, 0.4) is 0 Å². The van der Waals surface area contributed by atoms with Crippen LogP contribution in [0.1, 0.15) is 85.5 Å². The highest BCUT2D eigenvalue weighted by Gasteiger charge is 2.39. The number of unbranched alkanes of at least 4 members (excludes halogenated alkanes) is 2. The van der Waals surface area contributed by atoms with Gasteiger partial charge in [-0.2, -0.15) is 0 Å². The van der Waals surface area contributed by atoms with Crippen LogP contribution in [-0.4, -0.2) is 10.2 Å². The van der Waals surface area contributed by atoms with E-state index in [2.05, 4.69) is 46.4 Å². The summed E-state index contributed by atoms with van der Waals surface area (Å²) in [6, 6.07) is 0. The first-order valence-corrected chi connectivity index (χ1v) is 10.5. The predicted molar refractivity (Wildman–Crippen MR) is 111 cm³/mol. The van der Waals surface area contributed by atoms with E-state index >= 15 is 0 Å². The van der Waals surface area contributed by atoms with E-state index in [0.717, 1.165) is 49.7 Å². The quantitative estimate of drug-likeness (QED) is 0.347. The van der Waals surface area contributed by atoms with Gasteiger partial charge < -0.3 is 10.2 Å². The summed E-state index contributed by atoms with van der Waals surface area (Å²) in [6.07, 6.45) is 13.8. The molecule has 26 heavy (non-hydrogen) atoms. The highest BCUT2D eigenvalue weighted by Crippen LogP contribution is 2.48. The van der Waals surface area contributed by atoms with Crippen LogP contribution in [0, 0.1) is 17.3 Å². The van der Waals surface area contributed by atoms with Crippen molar-refractivity contribution in [1.29, 1.82) is 0 Å². The Morgan fingerprint density at radius 2 is 1.92 bits per heavy atom. The molecule has 0 amide bonds. The highest BCUT2D eigenvalue weighted by molar-refractivity contribution is 5.41. The maximum Gasteiger partial charge on any atom is 0.119 e. The summed E-state index contributed by atoms with van der Waals surface area (Å²) in [5.41, 5.74) is 3.14. The maximum atomic E-state index is 11.0. The second-order valence-corrected chi connectivity index (χ2v) is 8.67. The van der Waals surface area contributed by atoms with Gasteiger partial charge in [0.25, 0.3) is 0 Å². The molecule has 0 aromatic heterocycles. The van der Waals surface area contributed by atoms with Crippen molar-refractivity contribution < 1.29 is 10.2 Å². The van der Waals surface area contributed by atoms with E-state index in [9.17, 15) is 10.2 Å². The first-order valence-electron chi connectivity index (χ1n) is 10.5. The van der Waals surface area contributed by atoms with Crippen molar-refractivity contribution in [3.8, 4) is 0 Å². The predicted octanol–water partition coefficient (Wildman–Crippen LogP) is 7.56. The van der Waals surface area contributed by atoms with Crippen molar-refractivity contribution in [2.45, 2.75) is 85.5 Å². The average molecular weight is 359 g/mol. The molecule has 0 aromatic rings. The summed E-state index contributed by atoms with van der Waals surface area (Å²) in [6.45, 7) is 12.8.